The molecule has 0 aromatic carbocycles. The third kappa shape index (κ3) is 2.66. The Kier molecular flexibility index (Phi) is 4.22. The summed E-state index contributed by atoms with van der Waals surface area (Å²) in [6.07, 6.45) is 5.23. The van der Waals surface area contributed by atoms with Crippen molar-refractivity contribution in [2.75, 3.05) is 13.7 Å². The van der Waals surface area contributed by atoms with E-state index in [1.165, 1.54) is 32.8 Å². The molecule has 0 bridgehead atoms. The van der Waals surface area contributed by atoms with Gasteiger partial charge < -0.3 is 9.64 Å². The summed E-state index contributed by atoms with van der Waals surface area (Å²) in [5.74, 6) is 0.389. The fraction of sp³-hybridized carbons (Fsp3) is 0.846. The Bertz CT molecular complexity index is 326. The maximum atomic E-state index is 12.1. The van der Waals surface area contributed by atoms with Gasteiger partial charge in [-0.2, -0.15) is 0 Å². The Hall–Kier alpha value is -1.10. The first-order chi connectivity index (χ1) is 8.63. The Morgan fingerprint density at radius 1 is 1.44 bits per heavy atom. The largest absolute Gasteiger partial charge is 0.469 e. The van der Waals surface area contributed by atoms with Crippen LogP contribution in [0.15, 0.2) is 0 Å². The quantitative estimate of drug-likeness (QED) is 0.757. The van der Waals surface area contributed by atoms with E-state index in [0.29, 0.717) is 12.5 Å². The summed E-state index contributed by atoms with van der Waals surface area (Å²) in [7, 11) is 1.38. The van der Waals surface area contributed by atoms with Crippen LogP contribution in [-0.2, 0) is 14.3 Å². The van der Waals surface area contributed by atoms with Crippen molar-refractivity contribution < 1.29 is 14.3 Å². The molecule has 2 rings (SSSR count). The molecular formula is C13H22N2O3. The highest BCUT2D eigenvalue weighted by atomic mass is 16.5. The molecule has 0 spiro atoms. The minimum absolute atomic E-state index is 0.107. The minimum Gasteiger partial charge on any atom is -0.469 e. The molecule has 102 valence electrons. The second kappa shape index (κ2) is 5.69. The van der Waals surface area contributed by atoms with Crippen LogP contribution in [0.3, 0.4) is 0 Å². The molecule has 5 nitrogen and oxygen atoms in total. The highest BCUT2D eigenvalue weighted by molar-refractivity contribution is 5.84. The average molecular weight is 254 g/mol. The third-order valence-electron chi connectivity index (χ3n) is 4.04. The third-order valence-corrected chi connectivity index (χ3v) is 4.04. The van der Waals surface area contributed by atoms with Crippen molar-refractivity contribution in [3.05, 3.63) is 0 Å². The number of amides is 1. The fourth-order valence-corrected chi connectivity index (χ4v) is 3.03. The van der Waals surface area contributed by atoms with Gasteiger partial charge >= 0.3 is 5.97 Å². The van der Waals surface area contributed by atoms with Crippen LogP contribution in [0, 0.1) is 5.92 Å². The number of hydrogen-bond acceptors (Lipinski definition) is 4. The van der Waals surface area contributed by atoms with Crippen molar-refractivity contribution in [1.82, 2.24) is 10.2 Å². The number of carbonyl (C=O) groups excluding carboxylic acids is 2. The molecule has 2 atom stereocenters. The first-order valence-electron chi connectivity index (χ1n) is 6.77. The van der Waals surface area contributed by atoms with Gasteiger partial charge in [0.05, 0.1) is 25.7 Å². The summed E-state index contributed by atoms with van der Waals surface area (Å²) in [5, 5.41) is 3.36. The zero-order chi connectivity index (χ0) is 13.1. The van der Waals surface area contributed by atoms with Crippen molar-refractivity contribution in [2.24, 2.45) is 5.92 Å². The number of hydrogen-bond donors (Lipinski definition) is 1. The number of nitrogens with zero attached hydrogens (tertiary/aromatic N) is 1. The van der Waals surface area contributed by atoms with Crippen molar-refractivity contribution in [1.29, 1.82) is 0 Å². The summed E-state index contributed by atoms with van der Waals surface area (Å²) >= 11 is 0. The maximum Gasteiger partial charge on any atom is 0.307 e. The maximum absolute atomic E-state index is 12.1. The van der Waals surface area contributed by atoms with Crippen molar-refractivity contribution in [2.45, 2.75) is 51.2 Å². The van der Waals surface area contributed by atoms with E-state index in [-0.39, 0.29) is 30.5 Å². The number of nitrogens with one attached hydrogen (secondary N) is 1. The van der Waals surface area contributed by atoms with Gasteiger partial charge in [-0.1, -0.05) is 12.8 Å². The molecule has 0 aromatic rings. The molecule has 1 N–H and O–H groups in total. The monoisotopic (exact) mass is 254 g/mol. The van der Waals surface area contributed by atoms with Crippen LogP contribution < -0.4 is 5.32 Å². The van der Waals surface area contributed by atoms with Crippen LogP contribution >= 0.6 is 0 Å². The van der Waals surface area contributed by atoms with Gasteiger partial charge in [0.1, 0.15) is 0 Å². The molecule has 0 aromatic heterocycles. The van der Waals surface area contributed by atoms with E-state index in [0.717, 1.165) is 0 Å². The molecule has 0 radical (unpaired) electrons. The van der Waals surface area contributed by atoms with Crippen molar-refractivity contribution in [3.63, 3.8) is 0 Å². The molecule has 1 saturated carbocycles. The molecule has 1 saturated heterocycles. The Morgan fingerprint density at radius 3 is 2.72 bits per heavy atom. The topological polar surface area (TPSA) is 58.6 Å². The van der Waals surface area contributed by atoms with Crippen LogP contribution in [0.1, 0.15) is 39.0 Å². The lowest BCUT2D eigenvalue weighted by atomic mass is 10.0. The fourth-order valence-electron chi connectivity index (χ4n) is 3.03. The van der Waals surface area contributed by atoms with Gasteiger partial charge in [-0.15, -0.1) is 0 Å². The van der Waals surface area contributed by atoms with Crippen LogP contribution in [0.25, 0.3) is 0 Å². The zero-order valence-electron chi connectivity index (χ0n) is 11.1. The van der Waals surface area contributed by atoms with Crippen LogP contribution in [0.4, 0.5) is 0 Å². The molecule has 5 heteroatoms. The summed E-state index contributed by atoms with van der Waals surface area (Å²) in [6.45, 7) is 2.35. The van der Waals surface area contributed by atoms with Crippen LogP contribution in [-0.4, -0.2) is 42.6 Å². The van der Waals surface area contributed by atoms with Gasteiger partial charge in [0.25, 0.3) is 0 Å². The lowest BCUT2D eigenvalue weighted by Crippen LogP contribution is -2.43. The lowest BCUT2D eigenvalue weighted by molar-refractivity contribution is -0.141. The summed E-state index contributed by atoms with van der Waals surface area (Å²) < 4.78 is 4.64. The lowest BCUT2D eigenvalue weighted by Gasteiger charge is -2.28. The highest BCUT2D eigenvalue weighted by Crippen LogP contribution is 2.31. The summed E-state index contributed by atoms with van der Waals surface area (Å²) in [4.78, 5) is 25.1. The molecule has 18 heavy (non-hydrogen) atoms. The first-order valence-corrected chi connectivity index (χ1v) is 6.77. The first kappa shape index (κ1) is 13.3. The zero-order valence-corrected chi connectivity index (χ0v) is 11.1. The van der Waals surface area contributed by atoms with E-state index < -0.39 is 0 Å². The van der Waals surface area contributed by atoms with E-state index in [2.05, 4.69) is 10.1 Å². The molecule has 2 unspecified atom stereocenters. The van der Waals surface area contributed by atoms with E-state index in [9.17, 15) is 9.59 Å². The molecular weight excluding hydrogens is 232 g/mol. The SMILES string of the molecule is COC(=O)CCN1C(=O)C(C)NC1C1CCCC1. The second-order valence-corrected chi connectivity index (χ2v) is 5.24. The summed E-state index contributed by atoms with van der Waals surface area (Å²) in [5.41, 5.74) is 0. The van der Waals surface area contributed by atoms with E-state index in [4.69, 9.17) is 0 Å². The van der Waals surface area contributed by atoms with Gasteiger partial charge in [0, 0.05) is 6.54 Å². The Labute approximate surface area is 108 Å². The number of ether oxygens (including phenoxy) is 1. The number of carbonyl (C=O) groups is 2. The highest BCUT2D eigenvalue weighted by Gasteiger charge is 2.41. The second-order valence-electron chi connectivity index (χ2n) is 5.24. The Morgan fingerprint density at radius 2 is 2.11 bits per heavy atom. The van der Waals surface area contributed by atoms with E-state index >= 15 is 0 Å². The average Bonchev–Trinajstić information content (AvgIpc) is 2.97. The normalized spacial score (nSPS) is 29.0. The van der Waals surface area contributed by atoms with Gasteiger partial charge in [0.15, 0.2) is 0 Å². The molecule has 1 amide bonds. The molecule has 1 aliphatic heterocycles. The summed E-state index contributed by atoms with van der Waals surface area (Å²) in [6, 6.07) is -0.131. The van der Waals surface area contributed by atoms with Crippen molar-refractivity contribution in [3.8, 4) is 0 Å². The Balaban J connectivity index is 1.98. The predicted octanol–water partition coefficient (Wildman–Crippen LogP) is 0.886. The van der Waals surface area contributed by atoms with Crippen LogP contribution in [0.5, 0.6) is 0 Å². The standard InChI is InChI=1S/C13H22N2O3/c1-9-13(17)15(8-7-11(16)18-2)12(14-9)10-5-3-4-6-10/h9-10,12,14H,3-8H2,1-2H3. The number of methoxy groups -OCH3 is 1. The smallest absolute Gasteiger partial charge is 0.307 e. The number of esters is 1. The van der Waals surface area contributed by atoms with Crippen molar-refractivity contribution >= 4 is 11.9 Å². The van der Waals surface area contributed by atoms with Gasteiger partial charge in [-0.25, -0.2) is 0 Å². The van der Waals surface area contributed by atoms with E-state index in [1.54, 1.807) is 0 Å². The van der Waals surface area contributed by atoms with E-state index in [1.807, 2.05) is 11.8 Å². The molecule has 2 aliphatic rings. The van der Waals surface area contributed by atoms with Gasteiger partial charge in [-0.3, -0.25) is 14.9 Å². The molecule has 2 fully saturated rings. The number of rotatable bonds is 4. The minimum atomic E-state index is -0.257. The predicted molar refractivity (Wildman–Crippen MR) is 66.7 cm³/mol. The van der Waals surface area contributed by atoms with Gasteiger partial charge in [-0.05, 0) is 25.7 Å². The molecule has 1 heterocycles. The molecule has 1 aliphatic carbocycles. The van der Waals surface area contributed by atoms with Gasteiger partial charge in [0.2, 0.25) is 5.91 Å². The van der Waals surface area contributed by atoms with Crippen LogP contribution in [0.2, 0.25) is 0 Å².